The Labute approximate surface area is 227 Å². The first kappa shape index (κ1) is 25.3. The molecule has 0 radical (unpaired) electrons. The van der Waals surface area contributed by atoms with E-state index < -0.39 is 11.7 Å². The van der Waals surface area contributed by atoms with Crippen LogP contribution in [0.1, 0.15) is 10.4 Å². The Morgan fingerprint density at radius 3 is 2.00 bits per heavy atom. The number of aromatic nitrogens is 2. The molecule has 2 aromatic carbocycles. The third-order valence-electron chi connectivity index (χ3n) is 4.37. The predicted molar refractivity (Wildman–Crippen MR) is 139 cm³/mol. The molecule has 1 amide bonds. The molecular weight excluding hydrogens is 604 g/mol. The number of nitrogens with zero attached hydrogens (tertiary/aromatic N) is 2. The lowest BCUT2D eigenvalue weighted by molar-refractivity contribution is 0.102. The van der Waals surface area contributed by atoms with Gasteiger partial charge >= 0.3 is 0 Å². The normalized spacial score (nSPS) is 10.7. The highest BCUT2D eigenvalue weighted by atomic mass is 79.9. The van der Waals surface area contributed by atoms with E-state index in [4.69, 9.17) is 55.9 Å². The average Bonchev–Trinajstić information content (AvgIpc) is 2.79. The molecule has 2 aromatic heterocycles. The van der Waals surface area contributed by atoms with Crippen molar-refractivity contribution < 1.29 is 19.4 Å². The number of nitrogens with one attached hydrogen (secondary N) is 1. The number of ether oxygens (including phenoxy) is 2. The molecule has 178 valence electrons. The largest absolute Gasteiger partial charge is 0.506 e. The van der Waals surface area contributed by atoms with Crippen molar-refractivity contribution >= 4 is 73.9 Å². The maximum absolute atomic E-state index is 13.0. The molecule has 4 aromatic rings. The van der Waals surface area contributed by atoms with Crippen molar-refractivity contribution in [3.63, 3.8) is 0 Å². The Kier molecular flexibility index (Phi) is 7.88. The van der Waals surface area contributed by atoms with Crippen molar-refractivity contribution in [2.45, 2.75) is 0 Å². The van der Waals surface area contributed by atoms with Crippen LogP contribution in [-0.2, 0) is 0 Å². The maximum atomic E-state index is 13.0. The molecule has 2 N–H and O–H groups in total. The van der Waals surface area contributed by atoms with E-state index in [-0.39, 0.29) is 27.0 Å². The van der Waals surface area contributed by atoms with E-state index in [0.29, 0.717) is 31.8 Å². The summed E-state index contributed by atoms with van der Waals surface area (Å²) in [6.07, 6.45) is 5.86. The smallest absolute Gasteiger partial charge is 0.259 e. The summed E-state index contributed by atoms with van der Waals surface area (Å²) in [7, 11) is 0. The van der Waals surface area contributed by atoms with Crippen molar-refractivity contribution in [3.05, 3.63) is 91.3 Å². The Morgan fingerprint density at radius 2 is 1.40 bits per heavy atom. The highest BCUT2D eigenvalue weighted by Crippen LogP contribution is 2.41. The second-order valence-corrected chi connectivity index (χ2v) is 9.47. The zero-order chi connectivity index (χ0) is 25.1. The Balaban J connectivity index is 1.73. The molecule has 4 rings (SSSR count). The second kappa shape index (κ2) is 10.9. The summed E-state index contributed by atoms with van der Waals surface area (Å²) in [5.41, 5.74) is 0.105. The van der Waals surface area contributed by atoms with Crippen molar-refractivity contribution in [1.29, 1.82) is 0 Å². The van der Waals surface area contributed by atoms with Gasteiger partial charge in [-0.2, -0.15) is 0 Å². The molecule has 0 spiro atoms. The first-order valence-corrected chi connectivity index (χ1v) is 11.9. The topological polar surface area (TPSA) is 93.6 Å². The molecule has 0 aliphatic heterocycles. The predicted octanol–water partition coefficient (Wildman–Crippen LogP) is 8.40. The van der Waals surface area contributed by atoms with Gasteiger partial charge in [0.15, 0.2) is 5.75 Å². The molecular formula is C23H12BrCl4N3O4. The van der Waals surface area contributed by atoms with Gasteiger partial charge in [-0.3, -0.25) is 14.8 Å². The Morgan fingerprint density at radius 1 is 0.800 bits per heavy atom. The van der Waals surface area contributed by atoms with Crippen LogP contribution in [0, 0.1) is 0 Å². The molecule has 12 heteroatoms. The number of hydrogen-bond acceptors (Lipinski definition) is 6. The number of benzene rings is 2. The van der Waals surface area contributed by atoms with E-state index in [1.807, 2.05) is 0 Å². The van der Waals surface area contributed by atoms with Gasteiger partial charge in [0.05, 0.1) is 43.2 Å². The van der Waals surface area contributed by atoms with Gasteiger partial charge in [-0.05, 0) is 34.1 Å². The van der Waals surface area contributed by atoms with Crippen LogP contribution in [0.4, 0.5) is 5.69 Å². The number of aromatic hydroxyl groups is 1. The lowest BCUT2D eigenvalue weighted by atomic mass is 10.1. The molecule has 0 aliphatic rings. The van der Waals surface area contributed by atoms with Gasteiger partial charge < -0.3 is 19.9 Å². The number of carbonyl (C=O) groups excluding carboxylic acids is 1. The van der Waals surface area contributed by atoms with Gasteiger partial charge in [-0.15, -0.1) is 0 Å². The van der Waals surface area contributed by atoms with Crippen molar-refractivity contribution in [2.24, 2.45) is 0 Å². The van der Waals surface area contributed by atoms with E-state index in [0.717, 1.165) is 0 Å². The van der Waals surface area contributed by atoms with E-state index in [1.54, 1.807) is 18.2 Å². The number of rotatable bonds is 6. The molecule has 0 saturated heterocycles. The maximum Gasteiger partial charge on any atom is 0.259 e. The van der Waals surface area contributed by atoms with E-state index in [9.17, 15) is 9.90 Å². The first-order chi connectivity index (χ1) is 16.7. The lowest BCUT2D eigenvalue weighted by Gasteiger charge is -2.16. The molecule has 0 saturated carbocycles. The van der Waals surface area contributed by atoms with E-state index >= 15 is 0 Å². The fraction of sp³-hybridized carbons (Fsp3) is 0. The highest BCUT2D eigenvalue weighted by molar-refractivity contribution is 9.10. The van der Waals surface area contributed by atoms with Gasteiger partial charge in [0.25, 0.3) is 5.91 Å². The number of amides is 1. The number of carbonyl (C=O) groups is 1. The molecule has 0 unspecified atom stereocenters. The molecule has 7 nitrogen and oxygen atoms in total. The van der Waals surface area contributed by atoms with Crippen LogP contribution in [0.5, 0.6) is 28.7 Å². The fourth-order valence-corrected chi connectivity index (χ4v) is 4.12. The Bertz CT molecular complexity index is 1440. The van der Waals surface area contributed by atoms with Crippen LogP contribution < -0.4 is 14.8 Å². The zero-order valence-electron chi connectivity index (χ0n) is 17.2. The summed E-state index contributed by atoms with van der Waals surface area (Å²) < 4.78 is 12.3. The summed E-state index contributed by atoms with van der Waals surface area (Å²) in [5, 5.41) is 13.8. The van der Waals surface area contributed by atoms with E-state index in [1.165, 1.54) is 43.0 Å². The molecule has 2 heterocycles. The van der Waals surface area contributed by atoms with E-state index in [2.05, 4.69) is 31.2 Å². The average molecular weight is 616 g/mol. The lowest BCUT2D eigenvalue weighted by Crippen LogP contribution is -2.13. The van der Waals surface area contributed by atoms with Crippen molar-refractivity contribution in [2.75, 3.05) is 5.32 Å². The number of pyridine rings is 2. The third-order valence-corrected chi connectivity index (χ3v) is 5.91. The molecule has 35 heavy (non-hydrogen) atoms. The van der Waals surface area contributed by atoms with Gasteiger partial charge in [0, 0.05) is 35.6 Å². The summed E-state index contributed by atoms with van der Waals surface area (Å²) >= 11 is 27.4. The monoisotopic (exact) mass is 613 g/mol. The SMILES string of the molecule is O=C(Nc1cc(Br)c(Oc2cncc(Cl)c2)cc1Oc1cncc(Cl)c1)c1cc(Cl)cc(Cl)c1O. The first-order valence-electron chi connectivity index (χ1n) is 9.59. The summed E-state index contributed by atoms with van der Waals surface area (Å²) in [6, 6.07) is 8.84. The summed E-state index contributed by atoms with van der Waals surface area (Å²) in [4.78, 5) is 21.0. The minimum absolute atomic E-state index is 0.0656. The number of phenolic OH excluding ortho intramolecular Hbond substituents is 1. The summed E-state index contributed by atoms with van der Waals surface area (Å²) in [6.45, 7) is 0. The molecule has 0 bridgehead atoms. The van der Waals surface area contributed by atoms with Gasteiger partial charge in [0.1, 0.15) is 23.0 Å². The van der Waals surface area contributed by atoms with Crippen LogP contribution >= 0.6 is 62.3 Å². The van der Waals surface area contributed by atoms with Crippen molar-refractivity contribution in [1.82, 2.24) is 9.97 Å². The van der Waals surface area contributed by atoms with Crippen molar-refractivity contribution in [3.8, 4) is 28.7 Å². The quantitative estimate of drug-likeness (QED) is 0.226. The second-order valence-electron chi connectivity index (χ2n) is 6.90. The number of halogens is 5. The summed E-state index contributed by atoms with van der Waals surface area (Å²) in [5.74, 6) is 0.111. The van der Waals surface area contributed by atoms with Crippen LogP contribution in [0.25, 0.3) is 0 Å². The fourth-order valence-electron chi connectivity index (χ4n) is 2.87. The third kappa shape index (κ3) is 6.28. The van der Waals surface area contributed by atoms with Gasteiger partial charge in [0.2, 0.25) is 0 Å². The minimum atomic E-state index is -0.680. The zero-order valence-corrected chi connectivity index (χ0v) is 21.8. The highest BCUT2D eigenvalue weighted by Gasteiger charge is 2.20. The standard InChI is InChI=1S/C23H12BrCl4N3O4/c24-17-5-19(31-23(33)16-3-11(25)4-18(28)22(16)32)21(35-15-2-13(27)8-30-10-15)6-20(17)34-14-1-12(26)7-29-9-14/h1-10,32H,(H,31,33). The molecule has 0 atom stereocenters. The minimum Gasteiger partial charge on any atom is -0.506 e. The van der Waals surface area contributed by atoms with Crippen LogP contribution in [0.15, 0.2) is 65.7 Å². The number of anilines is 1. The molecule has 0 aliphatic carbocycles. The van der Waals surface area contributed by atoms with Crippen LogP contribution in [0.2, 0.25) is 20.1 Å². The van der Waals surface area contributed by atoms with Gasteiger partial charge in [-0.25, -0.2) is 0 Å². The van der Waals surface area contributed by atoms with Crippen LogP contribution in [0.3, 0.4) is 0 Å². The number of phenols is 1. The number of hydrogen-bond donors (Lipinski definition) is 2. The van der Waals surface area contributed by atoms with Crippen LogP contribution in [-0.4, -0.2) is 21.0 Å². The molecule has 0 fully saturated rings. The Hall–Kier alpha value is -2.75. The van der Waals surface area contributed by atoms with Gasteiger partial charge in [-0.1, -0.05) is 46.4 Å².